The molecule has 0 saturated carbocycles. The number of sulfonamides is 1. The molecule has 1 aliphatic heterocycles. The van der Waals surface area contributed by atoms with Crippen LogP contribution in [0.25, 0.3) is 0 Å². The van der Waals surface area contributed by atoms with Crippen LogP contribution in [0.5, 0.6) is 0 Å². The van der Waals surface area contributed by atoms with E-state index in [4.69, 9.17) is 4.74 Å². The summed E-state index contributed by atoms with van der Waals surface area (Å²) in [6, 6.07) is 18.2. The maximum Gasteiger partial charge on any atom is 0.410 e. The van der Waals surface area contributed by atoms with Gasteiger partial charge in [0.15, 0.2) is 0 Å². The number of benzene rings is 3. The SMILES string of the molecule is CC(C)(C)OC(=O)N(CCN1Cc2cc(F)ccc2CC1Cc1ccc(F)cc1)Cc1cccc(NS(C)(=O)=O)c1. The molecule has 0 saturated heterocycles. The molecule has 0 fully saturated rings. The highest BCUT2D eigenvalue weighted by Crippen LogP contribution is 2.27. The lowest BCUT2D eigenvalue weighted by atomic mass is 9.90. The first-order valence-electron chi connectivity index (χ1n) is 13.5. The molecule has 1 aliphatic rings. The molecule has 1 amide bonds. The summed E-state index contributed by atoms with van der Waals surface area (Å²) in [4.78, 5) is 17.1. The van der Waals surface area contributed by atoms with E-state index in [-0.39, 0.29) is 24.2 Å². The number of amides is 1. The molecule has 220 valence electrons. The number of nitrogens with one attached hydrogen (secondary N) is 1. The molecule has 4 rings (SSSR count). The topological polar surface area (TPSA) is 79.0 Å². The maximum atomic E-state index is 14.1. The Balaban J connectivity index is 1.56. The average molecular weight is 586 g/mol. The van der Waals surface area contributed by atoms with E-state index in [9.17, 15) is 22.0 Å². The van der Waals surface area contributed by atoms with Crippen molar-refractivity contribution < 1.29 is 26.7 Å². The number of carbonyl (C=O) groups excluding carboxylic acids is 1. The third-order valence-corrected chi connectivity index (χ3v) is 7.42. The predicted molar refractivity (Wildman–Crippen MR) is 156 cm³/mol. The van der Waals surface area contributed by atoms with Crippen molar-refractivity contribution >= 4 is 21.8 Å². The standard InChI is InChI=1S/C31H37F2N3O4S/c1-31(2,3)40-30(37)36(20-23-6-5-7-28(16-23)34-41(4,38)39)15-14-35-21-25-18-27(33)13-10-24(25)19-29(35)17-22-8-11-26(32)12-9-22/h5-13,16,18,29,34H,14-15,17,19-21H2,1-4H3. The summed E-state index contributed by atoms with van der Waals surface area (Å²) in [5.74, 6) is -0.586. The lowest BCUT2D eigenvalue weighted by molar-refractivity contribution is 0.0198. The second-order valence-corrected chi connectivity index (χ2v) is 13.3. The Kier molecular flexibility index (Phi) is 9.34. The first kappa shape index (κ1) is 30.5. The molecule has 7 nitrogen and oxygen atoms in total. The van der Waals surface area contributed by atoms with Gasteiger partial charge in [-0.1, -0.05) is 30.3 Å². The first-order chi connectivity index (χ1) is 19.2. The molecule has 1 heterocycles. The van der Waals surface area contributed by atoms with Gasteiger partial charge in [-0.25, -0.2) is 22.0 Å². The molecular formula is C31H37F2N3O4S. The number of rotatable bonds is 9. The van der Waals surface area contributed by atoms with E-state index in [0.29, 0.717) is 38.2 Å². The Bertz CT molecular complexity index is 1470. The molecular weight excluding hydrogens is 548 g/mol. The van der Waals surface area contributed by atoms with Gasteiger partial charge in [-0.15, -0.1) is 0 Å². The summed E-state index contributed by atoms with van der Waals surface area (Å²) in [6.07, 6.45) is 1.96. The van der Waals surface area contributed by atoms with Gasteiger partial charge in [0, 0.05) is 37.9 Å². The summed E-state index contributed by atoms with van der Waals surface area (Å²) in [6.45, 7) is 6.92. The maximum absolute atomic E-state index is 14.1. The van der Waals surface area contributed by atoms with Crippen molar-refractivity contribution in [3.63, 3.8) is 0 Å². The van der Waals surface area contributed by atoms with Crippen LogP contribution in [0.1, 0.15) is 43.0 Å². The Hall–Kier alpha value is -3.50. The van der Waals surface area contributed by atoms with Crippen LogP contribution in [0.15, 0.2) is 66.7 Å². The Morgan fingerprint density at radius 1 is 1.00 bits per heavy atom. The van der Waals surface area contributed by atoms with Crippen LogP contribution in [-0.4, -0.2) is 55.3 Å². The third kappa shape index (κ3) is 9.26. The molecule has 0 radical (unpaired) electrons. The average Bonchev–Trinajstić information content (AvgIpc) is 2.86. The van der Waals surface area contributed by atoms with E-state index in [2.05, 4.69) is 9.62 Å². The number of fused-ring (bicyclic) bond motifs is 1. The van der Waals surface area contributed by atoms with E-state index in [1.54, 1.807) is 62.1 Å². The summed E-state index contributed by atoms with van der Waals surface area (Å²) in [5, 5.41) is 0. The largest absolute Gasteiger partial charge is 0.444 e. The molecule has 41 heavy (non-hydrogen) atoms. The Morgan fingerprint density at radius 2 is 1.71 bits per heavy atom. The minimum atomic E-state index is -3.46. The lowest BCUT2D eigenvalue weighted by Crippen LogP contribution is -2.47. The Labute approximate surface area is 241 Å². The van der Waals surface area contributed by atoms with Crippen molar-refractivity contribution in [2.45, 2.75) is 58.3 Å². The molecule has 0 aromatic heterocycles. The number of ether oxygens (including phenoxy) is 1. The van der Waals surface area contributed by atoms with Gasteiger partial charge in [0.1, 0.15) is 17.2 Å². The van der Waals surface area contributed by atoms with Gasteiger partial charge in [-0.05, 0) is 92.3 Å². The fourth-order valence-electron chi connectivity index (χ4n) is 5.01. The second-order valence-electron chi connectivity index (χ2n) is 11.5. The van der Waals surface area contributed by atoms with Crippen molar-refractivity contribution in [2.24, 2.45) is 0 Å². The van der Waals surface area contributed by atoms with Gasteiger partial charge in [0.05, 0.1) is 6.26 Å². The number of halogens is 2. The first-order valence-corrected chi connectivity index (χ1v) is 15.4. The zero-order chi connectivity index (χ0) is 29.8. The summed E-state index contributed by atoms with van der Waals surface area (Å²) >= 11 is 0. The molecule has 0 aliphatic carbocycles. The predicted octanol–water partition coefficient (Wildman–Crippen LogP) is 5.74. The van der Waals surface area contributed by atoms with Crippen LogP contribution in [0.2, 0.25) is 0 Å². The molecule has 10 heteroatoms. The van der Waals surface area contributed by atoms with E-state index in [0.717, 1.165) is 28.5 Å². The fraction of sp³-hybridized carbons (Fsp3) is 0.387. The van der Waals surface area contributed by atoms with Crippen molar-refractivity contribution in [3.8, 4) is 0 Å². The quantitative estimate of drug-likeness (QED) is 0.346. The summed E-state index contributed by atoms with van der Waals surface area (Å²) in [7, 11) is -3.46. The van der Waals surface area contributed by atoms with Gasteiger partial charge in [-0.3, -0.25) is 9.62 Å². The number of nitrogens with zero attached hydrogens (tertiary/aromatic N) is 2. The van der Waals surface area contributed by atoms with Gasteiger partial charge in [0.2, 0.25) is 10.0 Å². The van der Waals surface area contributed by atoms with E-state index in [1.807, 2.05) is 12.1 Å². The highest BCUT2D eigenvalue weighted by Gasteiger charge is 2.29. The number of carbonyl (C=O) groups is 1. The highest BCUT2D eigenvalue weighted by molar-refractivity contribution is 7.92. The van der Waals surface area contributed by atoms with Crippen LogP contribution in [0.3, 0.4) is 0 Å². The third-order valence-electron chi connectivity index (χ3n) is 6.81. The number of hydrogen-bond acceptors (Lipinski definition) is 5. The van der Waals surface area contributed by atoms with Gasteiger partial charge < -0.3 is 9.64 Å². The van der Waals surface area contributed by atoms with Crippen LogP contribution in [-0.2, 0) is 40.7 Å². The number of hydrogen-bond donors (Lipinski definition) is 1. The lowest BCUT2D eigenvalue weighted by Gasteiger charge is -2.38. The molecule has 0 spiro atoms. The minimum absolute atomic E-state index is 0.0567. The van der Waals surface area contributed by atoms with Crippen LogP contribution in [0, 0.1) is 11.6 Å². The molecule has 3 aromatic carbocycles. The molecule has 1 atom stereocenters. The normalized spacial score (nSPS) is 15.7. The van der Waals surface area contributed by atoms with Gasteiger partial charge in [-0.2, -0.15) is 0 Å². The number of anilines is 1. The molecule has 3 aromatic rings. The molecule has 1 unspecified atom stereocenters. The van der Waals surface area contributed by atoms with Crippen molar-refractivity contribution in [1.82, 2.24) is 9.80 Å². The van der Waals surface area contributed by atoms with Crippen LogP contribution >= 0.6 is 0 Å². The molecule has 1 N–H and O–H groups in total. The highest BCUT2D eigenvalue weighted by atomic mass is 32.2. The van der Waals surface area contributed by atoms with Crippen LogP contribution in [0.4, 0.5) is 19.3 Å². The van der Waals surface area contributed by atoms with Gasteiger partial charge in [0.25, 0.3) is 0 Å². The van der Waals surface area contributed by atoms with Gasteiger partial charge >= 0.3 is 6.09 Å². The van der Waals surface area contributed by atoms with E-state index in [1.165, 1.54) is 18.2 Å². The van der Waals surface area contributed by atoms with E-state index < -0.39 is 21.7 Å². The monoisotopic (exact) mass is 585 g/mol. The summed E-state index contributed by atoms with van der Waals surface area (Å²) in [5.41, 5.74) is 3.41. The molecule has 0 bridgehead atoms. The van der Waals surface area contributed by atoms with Crippen LogP contribution < -0.4 is 4.72 Å². The van der Waals surface area contributed by atoms with Crippen molar-refractivity contribution in [2.75, 3.05) is 24.1 Å². The summed E-state index contributed by atoms with van der Waals surface area (Å²) < 4.78 is 59.2. The smallest absolute Gasteiger partial charge is 0.410 e. The zero-order valence-electron chi connectivity index (χ0n) is 23.9. The fourth-order valence-corrected chi connectivity index (χ4v) is 5.56. The van der Waals surface area contributed by atoms with Crippen molar-refractivity contribution in [1.29, 1.82) is 0 Å². The zero-order valence-corrected chi connectivity index (χ0v) is 24.7. The second kappa shape index (κ2) is 12.6. The van der Waals surface area contributed by atoms with E-state index >= 15 is 0 Å². The Morgan fingerprint density at radius 3 is 2.39 bits per heavy atom. The van der Waals surface area contributed by atoms with Crippen molar-refractivity contribution in [3.05, 3.63) is 101 Å². The minimum Gasteiger partial charge on any atom is -0.444 e.